The molecule has 7 heteroatoms. The molecule has 2 rings (SSSR count). The van der Waals surface area contributed by atoms with Gasteiger partial charge in [-0.1, -0.05) is 23.2 Å². The molecule has 0 bridgehead atoms. The van der Waals surface area contributed by atoms with Crippen LogP contribution in [0.5, 0.6) is 0 Å². The first kappa shape index (κ1) is 14.4. The Morgan fingerprint density at radius 1 is 1.22 bits per heavy atom. The van der Waals surface area contributed by atoms with Gasteiger partial charge in [0.05, 0.1) is 14.5 Å². The molecule has 0 aromatic heterocycles. The molecule has 0 spiro atoms. The predicted octanol–water partition coefficient (Wildman–Crippen LogP) is 4.55. The molecule has 1 nitrogen and oxygen atoms in total. The largest absolute Gasteiger partial charge is 0.399 e. The summed E-state index contributed by atoms with van der Waals surface area (Å²) < 4.78 is 40.4. The lowest BCUT2D eigenvalue weighted by molar-refractivity contribution is -0.184. The highest BCUT2D eigenvalue weighted by Crippen LogP contribution is 2.47. The summed E-state index contributed by atoms with van der Waals surface area (Å²) in [5.41, 5.74) is -1.79. The van der Waals surface area contributed by atoms with Gasteiger partial charge in [-0.15, -0.1) is 0 Å². The van der Waals surface area contributed by atoms with Gasteiger partial charge >= 0.3 is 6.18 Å². The Morgan fingerprint density at radius 2 is 1.78 bits per heavy atom. The van der Waals surface area contributed by atoms with Gasteiger partial charge in [0.2, 0.25) is 0 Å². The van der Waals surface area contributed by atoms with Crippen molar-refractivity contribution in [2.24, 2.45) is 0 Å². The van der Waals surface area contributed by atoms with Gasteiger partial charge in [-0.3, -0.25) is 0 Å². The van der Waals surface area contributed by atoms with E-state index in [0.717, 1.165) is 0 Å². The zero-order chi connectivity index (χ0) is 13.6. The highest BCUT2D eigenvalue weighted by Gasteiger charge is 2.57. The van der Waals surface area contributed by atoms with Crippen molar-refractivity contribution in [2.75, 3.05) is 13.1 Å². The zero-order valence-electron chi connectivity index (χ0n) is 9.04. The lowest BCUT2D eigenvalue weighted by Crippen LogP contribution is -2.44. The van der Waals surface area contributed by atoms with Gasteiger partial charge < -0.3 is 5.32 Å². The monoisotopic (exact) mass is 361 g/mol. The van der Waals surface area contributed by atoms with Gasteiger partial charge in [-0.05, 0) is 46.6 Å². The third kappa shape index (κ3) is 2.26. The number of halogens is 6. The van der Waals surface area contributed by atoms with Gasteiger partial charge in [-0.2, -0.15) is 13.2 Å². The molecule has 0 aliphatic carbocycles. The molecule has 1 aromatic carbocycles. The van der Waals surface area contributed by atoms with E-state index < -0.39 is 11.6 Å². The standard InChI is InChI=1S/C11H9BrCl2F3N/c12-9-7(13)3-6(4-8(9)14)10(11(15,16)17)1-2-18-5-10/h3-4,18H,1-2,5H2/t10-/m1/s1. The summed E-state index contributed by atoms with van der Waals surface area (Å²) in [7, 11) is 0. The maximum Gasteiger partial charge on any atom is 0.399 e. The average Bonchev–Trinajstić information content (AvgIpc) is 2.74. The second-order valence-electron chi connectivity index (χ2n) is 4.26. The van der Waals surface area contributed by atoms with Gasteiger partial charge in [0.15, 0.2) is 0 Å². The van der Waals surface area contributed by atoms with Crippen molar-refractivity contribution in [3.63, 3.8) is 0 Å². The van der Waals surface area contributed by atoms with Crippen LogP contribution in [0.3, 0.4) is 0 Å². The van der Waals surface area contributed by atoms with Gasteiger partial charge in [0.1, 0.15) is 5.41 Å². The molecule has 1 aliphatic rings. The summed E-state index contributed by atoms with van der Waals surface area (Å²) in [6.07, 6.45) is -4.35. The van der Waals surface area contributed by atoms with E-state index in [0.29, 0.717) is 11.0 Å². The van der Waals surface area contributed by atoms with Crippen LogP contribution in [-0.2, 0) is 5.41 Å². The minimum atomic E-state index is -4.34. The van der Waals surface area contributed by atoms with Gasteiger partial charge in [-0.25, -0.2) is 0 Å². The lowest BCUT2D eigenvalue weighted by Gasteiger charge is -2.31. The van der Waals surface area contributed by atoms with E-state index in [-0.39, 0.29) is 28.6 Å². The van der Waals surface area contributed by atoms with Crippen molar-refractivity contribution in [2.45, 2.75) is 18.0 Å². The number of alkyl halides is 3. The maximum absolute atomic E-state index is 13.3. The summed E-state index contributed by atoms with van der Waals surface area (Å²) in [6, 6.07) is 2.66. The molecule has 1 saturated heterocycles. The number of benzene rings is 1. The molecule has 100 valence electrons. The molecule has 0 unspecified atom stereocenters. The molecular formula is C11H9BrCl2F3N. The van der Waals surface area contributed by atoms with Crippen LogP contribution in [0, 0.1) is 0 Å². The Balaban J connectivity index is 2.57. The Labute approximate surface area is 121 Å². The smallest absolute Gasteiger partial charge is 0.315 e. The highest BCUT2D eigenvalue weighted by molar-refractivity contribution is 9.10. The SMILES string of the molecule is FC(F)(F)[C@]1(c2cc(Cl)c(Br)c(Cl)c2)CCNC1. The molecule has 1 aliphatic heterocycles. The highest BCUT2D eigenvalue weighted by atomic mass is 79.9. The van der Waals surface area contributed by atoms with Crippen LogP contribution in [-0.4, -0.2) is 19.3 Å². The third-order valence-corrected chi connectivity index (χ3v) is 5.14. The molecule has 0 radical (unpaired) electrons. The number of hydrogen-bond donors (Lipinski definition) is 1. The van der Waals surface area contributed by atoms with E-state index in [1.54, 1.807) is 0 Å². The molecule has 0 saturated carbocycles. The van der Waals surface area contributed by atoms with Crippen molar-refractivity contribution >= 4 is 39.1 Å². The van der Waals surface area contributed by atoms with Crippen molar-refractivity contribution in [3.05, 3.63) is 32.2 Å². The minimum absolute atomic E-state index is 0.00914. The van der Waals surface area contributed by atoms with Crippen molar-refractivity contribution < 1.29 is 13.2 Å². The van der Waals surface area contributed by atoms with Crippen LogP contribution in [0.15, 0.2) is 16.6 Å². The molecule has 1 atom stereocenters. The lowest BCUT2D eigenvalue weighted by atomic mass is 9.79. The molecule has 18 heavy (non-hydrogen) atoms. The minimum Gasteiger partial charge on any atom is -0.315 e. The number of hydrogen-bond acceptors (Lipinski definition) is 1. The average molecular weight is 363 g/mol. The van der Waals surface area contributed by atoms with E-state index in [9.17, 15) is 13.2 Å². The van der Waals surface area contributed by atoms with Crippen LogP contribution in [0.1, 0.15) is 12.0 Å². The summed E-state index contributed by atoms with van der Waals surface area (Å²) in [6.45, 7) is 0.176. The first-order chi connectivity index (χ1) is 8.28. The Kier molecular flexibility index (Phi) is 3.89. The van der Waals surface area contributed by atoms with Crippen LogP contribution in [0.2, 0.25) is 10.0 Å². The van der Waals surface area contributed by atoms with Crippen LogP contribution in [0.25, 0.3) is 0 Å². The van der Waals surface area contributed by atoms with Gasteiger partial charge in [0, 0.05) is 6.54 Å². The van der Waals surface area contributed by atoms with E-state index >= 15 is 0 Å². The molecular weight excluding hydrogens is 354 g/mol. The topological polar surface area (TPSA) is 12.0 Å². The molecule has 1 N–H and O–H groups in total. The van der Waals surface area contributed by atoms with E-state index in [2.05, 4.69) is 21.2 Å². The van der Waals surface area contributed by atoms with Gasteiger partial charge in [0.25, 0.3) is 0 Å². The fourth-order valence-corrected chi connectivity index (χ4v) is 2.89. The quantitative estimate of drug-likeness (QED) is 0.722. The second kappa shape index (κ2) is 4.85. The first-order valence-corrected chi connectivity index (χ1v) is 6.75. The van der Waals surface area contributed by atoms with E-state index in [1.807, 2.05) is 0 Å². The number of rotatable bonds is 1. The summed E-state index contributed by atoms with van der Waals surface area (Å²) >= 11 is 14.9. The normalized spacial score (nSPS) is 24.6. The molecule has 1 fully saturated rings. The fraction of sp³-hybridized carbons (Fsp3) is 0.455. The van der Waals surface area contributed by atoms with Crippen LogP contribution in [0.4, 0.5) is 13.2 Å². The van der Waals surface area contributed by atoms with Crippen LogP contribution < -0.4 is 5.32 Å². The van der Waals surface area contributed by atoms with E-state index in [1.165, 1.54) is 12.1 Å². The zero-order valence-corrected chi connectivity index (χ0v) is 12.1. The molecule has 0 amide bonds. The fourth-order valence-electron chi connectivity index (χ4n) is 2.18. The van der Waals surface area contributed by atoms with Crippen molar-refractivity contribution in [1.82, 2.24) is 5.32 Å². The third-order valence-electron chi connectivity index (χ3n) is 3.23. The summed E-state index contributed by atoms with van der Waals surface area (Å²) in [4.78, 5) is 0. The second-order valence-corrected chi connectivity index (χ2v) is 5.87. The Bertz CT molecular complexity index is 447. The molecule has 1 heterocycles. The van der Waals surface area contributed by atoms with Crippen molar-refractivity contribution in [3.8, 4) is 0 Å². The first-order valence-electron chi connectivity index (χ1n) is 5.20. The van der Waals surface area contributed by atoms with Crippen molar-refractivity contribution in [1.29, 1.82) is 0 Å². The Morgan fingerprint density at radius 3 is 2.17 bits per heavy atom. The number of nitrogens with one attached hydrogen (secondary N) is 1. The predicted molar refractivity (Wildman–Crippen MR) is 69.4 cm³/mol. The van der Waals surface area contributed by atoms with Crippen LogP contribution >= 0.6 is 39.1 Å². The molecule has 1 aromatic rings. The summed E-state index contributed by atoms with van der Waals surface area (Å²) in [5.74, 6) is 0. The maximum atomic E-state index is 13.3. The Hall–Kier alpha value is 0.0300. The van der Waals surface area contributed by atoms with E-state index in [4.69, 9.17) is 23.2 Å². The summed E-state index contributed by atoms with van der Waals surface area (Å²) in [5, 5.41) is 3.13.